The van der Waals surface area contributed by atoms with Crippen molar-refractivity contribution in [3.63, 3.8) is 0 Å². The van der Waals surface area contributed by atoms with Crippen molar-refractivity contribution in [2.24, 2.45) is 11.7 Å². The number of rotatable bonds is 5. The van der Waals surface area contributed by atoms with E-state index in [-0.39, 0.29) is 11.7 Å². The van der Waals surface area contributed by atoms with E-state index in [1.165, 1.54) is 6.92 Å². The first-order valence-corrected chi connectivity index (χ1v) is 6.29. The van der Waals surface area contributed by atoms with E-state index in [0.717, 1.165) is 6.42 Å². The molecule has 0 bridgehead atoms. The van der Waals surface area contributed by atoms with Crippen LogP contribution in [0.4, 0.5) is 0 Å². The van der Waals surface area contributed by atoms with Gasteiger partial charge < -0.3 is 5.73 Å². The van der Waals surface area contributed by atoms with Crippen molar-refractivity contribution >= 4 is 15.9 Å². The van der Waals surface area contributed by atoms with Crippen molar-refractivity contribution < 1.29 is 13.2 Å². The van der Waals surface area contributed by atoms with Crippen LogP contribution < -0.4 is 10.5 Å². The van der Waals surface area contributed by atoms with Crippen LogP contribution in [0.3, 0.4) is 0 Å². The van der Waals surface area contributed by atoms with Crippen LogP contribution in [0.15, 0.2) is 0 Å². The van der Waals surface area contributed by atoms with Gasteiger partial charge in [0.25, 0.3) is 5.91 Å². The van der Waals surface area contributed by atoms with Gasteiger partial charge in [0, 0.05) is 0 Å². The third-order valence-corrected chi connectivity index (χ3v) is 3.47. The molecule has 0 saturated heterocycles. The van der Waals surface area contributed by atoms with Crippen LogP contribution in [-0.4, -0.2) is 26.1 Å². The van der Waals surface area contributed by atoms with Gasteiger partial charge in [0.05, 0.1) is 11.8 Å². The first-order valence-electron chi connectivity index (χ1n) is 4.64. The van der Waals surface area contributed by atoms with Crippen LogP contribution in [0.25, 0.3) is 0 Å². The van der Waals surface area contributed by atoms with Gasteiger partial charge in [-0.2, -0.15) is 0 Å². The molecule has 0 saturated carbocycles. The predicted molar refractivity (Wildman–Crippen MR) is 55.0 cm³/mol. The molecule has 0 aliphatic carbocycles. The number of nitrogens with one attached hydrogen (secondary N) is 1. The normalized spacial score (nSPS) is 16.0. The smallest absolute Gasteiger partial charge is 0.250 e. The SMILES string of the molecule is CC[C@H](C)[C@H](N)C(=O)NS(=O)(=O)CC. The molecule has 0 aromatic carbocycles. The molecule has 1 amide bonds. The average molecular weight is 222 g/mol. The second-order valence-electron chi connectivity index (χ2n) is 3.28. The number of hydrogen-bond acceptors (Lipinski definition) is 4. The molecule has 0 aliphatic rings. The summed E-state index contributed by atoms with van der Waals surface area (Å²) in [4.78, 5) is 11.3. The Kier molecular flexibility index (Phi) is 5.07. The number of amides is 1. The molecule has 0 aromatic rings. The summed E-state index contributed by atoms with van der Waals surface area (Å²) in [5.74, 6) is -0.769. The Hall–Kier alpha value is -0.620. The summed E-state index contributed by atoms with van der Waals surface area (Å²) >= 11 is 0. The van der Waals surface area contributed by atoms with Crippen LogP contribution >= 0.6 is 0 Å². The number of carbonyl (C=O) groups is 1. The molecule has 84 valence electrons. The quantitative estimate of drug-likeness (QED) is 0.675. The van der Waals surface area contributed by atoms with Crippen LogP contribution in [0.2, 0.25) is 0 Å². The first kappa shape index (κ1) is 13.4. The zero-order chi connectivity index (χ0) is 11.4. The Bertz CT molecular complexity index is 287. The monoisotopic (exact) mass is 222 g/mol. The van der Waals surface area contributed by atoms with E-state index in [1.54, 1.807) is 0 Å². The molecule has 14 heavy (non-hydrogen) atoms. The van der Waals surface area contributed by atoms with E-state index in [4.69, 9.17) is 5.73 Å². The van der Waals surface area contributed by atoms with Crippen molar-refractivity contribution in [1.29, 1.82) is 0 Å². The standard InChI is InChI=1S/C8H18N2O3S/c1-4-6(3)7(9)8(11)10-14(12,13)5-2/h6-7H,4-5,9H2,1-3H3,(H,10,11)/t6-,7-/m0/s1. The fraction of sp³-hybridized carbons (Fsp3) is 0.875. The van der Waals surface area contributed by atoms with E-state index >= 15 is 0 Å². The highest BCUT2D eigenvalue weighted by molar-refractivity contribution is 7.90. The maximum atomic E-state index is 11.3. The summed E-state index contributed by atoms with van der Waals surface area (Å²) in [5, 5.41) is 0. The Labute approximate surface area is 85.1 Å². The van der Waals surface area contributed by atoms with Gasteiger partial charge in [-0.1, -0.05) is 20.3 Å². The molecule has 0 aliphatic heterocycles. The Morgan fingerprint density at radius 1 is 1.43 bits per heavy atom. The van der Waals surface area contributed by atoms with Crippen molar-refractivity contribution in [2.75, 3.05) is 5.75 Å². The minimum atomic E-state index is -3.49. The van der Waals surface area contributed by atoms with Gasteiger partial charge in [0.1, 0.15) is 0 Å². The predicted octanol–water partition coefficient (Wildman–Crippen LogP) is -0.174. The first-order chi connectivity index (χ1) is 6.34. The molecular formula is C8H18N2O3S. The molecule has 0 radical (unpaired) electrons. The highest BCUT2D eigenvalue weighted by Crippen LogP contribution is 2.05. The summed E-state index contributed by atoms with van der Waals surface area (Å²) in [6.07, 6.45) is 0.737. The molecule has 0 rings (SSSR count). The van der Waals surface area contributed by atoms with Crippen molar-refractivity contribution in [3.05, 3.63) is 0 Å². The van der Waals surface area contributed by atoms with E-state index in [2.05, 4.69) is 0 Å². The van der Waals surface area contributed by atoms with Gasteiger partial charge >= 0.3 is 0 Å². The molecule has 5 nitrogen and oxygen atoms in total. The highest BCUT2D eigenvalue weighted by atomic mass is 32.2. The molecule has 0 unspecified atom stereocenters. The average Bonchev–Trinajstić information content (AvgIpc) is 2.14. The van der Waals surface area contributed by atoms with Gasteiger partial charge in [-0.25, -0.2) is 8.42 Å². The molecular weight excluding hydrogens is 204 g/mol. The lowest BCUT2D eigenvalue weighted by molar-refractivity contribution is -0.121. The van der Waals surface area contributed by atoms with Crippen molar-refractivity contribution in [2.45, 2.75) is 33.2 Å². The van der Waals surface area contributed by atoms with Gasteiger partial charge in [-0.05, 0) is 12.8 Å². The largest absolute Gasteiger partial charge is 0.320 e. The maximum absolute atomic E-state index is 11.3. The van der Waals surface area contributed by atoms with Crippen molar-refractivity contribution in [3.8, 4) is 0 Å². The lowest BCUT2D eigenvalue weighted by Gasteiger charge is -2.17. The second kappa shape index (κ2) is 5.31. The van der Waals surface area contributed by atoms with E-state index in [1.807, 2.05) is 18.6 Å². The maximum Gasteiger partial charge on any atom is 0.250 e. The number of carbonyl (C=O) groups excluding carboxylic acids is 1. The molecule has 0 spiro atoms. The molecule has 6 heteroatoms. The Morgan fingerprint density at radius 2 is 1.93 bits per heavy atom. The molecule has 2 atom stereocenters. The second-order valence-corrected chi connectivity index (χ2v) is 5.29. The zero-order valence-corrected chi connectivity index (χ0v) is 9.60. The zero-order valence-electron chi connectivity index (χ0n) is 8.78. The van der Waals surface area contributed by atoms with E-state index in [9.17, 15) is 13.2 Å². The summed E-state index contributed by atoms with van der Waals surface area (Å²) in [6.45, 7) is 5.17. The number of nitrogens with two attached hydrogens (primary N) is 1. The van der Waals surface area contributed by atoms with Gasteiger partial charge in [0.2, 0.25) is 10.0 Å². The van der Waals surface area contributed by atoms with Gasteiger partial charge in [0.15, 0.2) is 0 Å². The summed E-state index contributed by atoms with van der Waals surface area (Å²) < 4.78 is 24.0. The topological polar surface area (TPSA) is 89.3 Å². The van der Waals surface area contributed by atoms with Gasteiger partial charge in [-0.3, -0.25) is 9.52 Å². The third kappa shape index (κ3) is 4.06. The van der Waals surface area contributed by atoms with Crippen molar-refractivity contribution in [1.82, 2.24) is 4.72 Å². The molecule has 0 heterocycles. The fourth-order valence-corrected chi connectivity index (χ4v) is 1.39. The van der Waals surface area contributed by atoms with E-state index in [0.29, 0.717) is 0 Å². The molecule has 0 fully saturated rings. The minimum absolute atomic E-state index is 0.0259. The van der Waals surface area contributed by atoms with Gasteiger partial charge in [-0.15, -0.1) is 0 Å². The Morgan fingerprint density at radius 3 is 2.29 bits per heavy atom. The lowest BCUT2D eigenvalue weighted by Crippen LogP contribution is -2.47. The van der Waals surface area contributed by atoms with Crippen LogP contribution in [0, 0.1) is 5.92 Å². The molecule has 3 N–H and O–H groups in total. The Balaban J connectivity index is 4.36. The summed E-state index contributed by atoms with van der Waals surface area (Å²) in [5.41, 5.74) is 5.56. The highest BCUT2D eigenvalue weighted by Gasteiger charge is 2.22. The summed E-state index contributed by atoms with van der Waals surface area (Å²) in [7, 11) is -3.49. The third-order valence-electron chi connectivity index (χ3n) is 2.20. The van der Waals surface area contributed by atoms with Crippen LogP contribution in [0.1, 0.15) is 27.2 Å². The lowest BCUT2D eigenvalue weighted by atomic mass is 10.00. The summed E-state index contributed by atoms with van der Waals surface area (Å²) in [6, 6.07) is -0.763. The van der Waals surface area contributed by atoms with Crippen LogP contribution in [-0.2, 0) is 14.8 Å². The fourth-order valence-electron chi connectivity index (χ4n) is 0.806. The number of sulfonamides is 1. The molecule has 0 aromatic heterocycles. The minimum Gasteiger partial charge on any atom is -0.320 e. The van der Waals surface area contributed by atoms with E-state index < -0.39 is 22.0 Å². The van der Waals surface area contributed by atoms with Crippen LogP contribution in [0.5, 0.6) is 0 Å². The number of hydrogen-bond donors (Lipinski definition) is 2.